The summed E-state index contributed by atoms with van der Waals surface area (Å²) in [4.78, 5) is 25.1. The molecule has 0 unspecified atom stereocenters. The number of alkyl halides is 2. The third kappa shape index (κ3) is 3.38. The Labute approximate surface area is 122 Å². The number of halogens is 2. The zero-order chi connectivity index (χ0) is 16.5. The van der Waals surface area contributed by atoms with Crippen molar-refractivity contribution in [1.29, 1.82) is 0 Å². The van der Waals surface area contributed by atoms with Gasteiger partial charge in [0.1, 0.15) is 11.8 Å². The number of nitrogens with one attached hydrogen (secondary N) is 1. The number of aromatic nitrogens is 3. The highest BCUT2D eigenvalue weighted by Crippen LogP contribution is 2.26. The molecule has 1 fully saturated rings. The van der Waals surface area contributed by atoms with Crippen molar-refractivity contribution in [3.8, 4) is 0 Å². The van der Waals surface area contributed by atoms with Crippen LogP contribution >= 0.6 is 0 Å². The molecule has 1 aliphatic rings. The number of ether oxygens (including phenoxy) is 2. The van der Waals surface area contributed by atoms with Crippen molar-refractivity contribution in [1.82, 2.24) is 14.8 Å². The quantitative estimate of drug-likeness (QED) is 0.593. The molecule has 0 aliphatic carbocycles. The normalized spacial score (nSPS) is 25.6. The molecule has 0 saturated carbocycles. The average molecular weight is 323 g/mol. The Kier molecular flexibility index (Phi) is 4.70. The fraction of sp³-hybridized carbons (Fsp3) is 0.727. The van der Waals surface area contributed by atoms with Gasteiger partial charge in [-0.3, -0.25) is 9.78 Å². The Morgan fingerprint density at radius 3 is 2.77 bits per heavy atom. The van der Waals surface area contributed by atoms with Gasteiger partial charge in [0.05, 0.1) is 19.1 Å². The first-order valence-corrected chi connectivity index (χ1v) is 6.37. The number of rotatable bonds is 5. The molecule has 1 saturated heterocycles. The highest BCUT2D eigenvalue weighted by atomic mass is 19.3. The van der Waals surface area contributed by atoms with Gasteiger partial charge < -0.3 is 19.7 Å². The number of nitrogens with zero attached hydrogens (tertiary/aromatic N) is 2. The van der Waals surface area contributed by atoms with Crippen molar-refractivity contribution in [2.75, 3.05) is 13.7 Å². The number of aromatic amines is 1. The Hall–Kier alpha value is -1.69. The maximum atomic E-state index is 13.2. The molecule has 0 bridgehead atoms. The number of aliphatic hydroxyl groups excluding tert-OH is 2. The van der Waals surface area contributed by atoms with Crippen LogP contribution in [0.25, 0.3) is 0 Å². The van der Waals surface area contributed by atoms with Gasteiger partial charge in [-0.1, -0.05) is 0 Å². The van der Waals surface area contributed by atoms with E-state index in [1.165, 1.54) is 0 Å². The highest BCUT2D eigenvalue weighted by molar-refractivity contribution is 4.96. The van der Waals surface area contributed by atoms with Gasteiger partial charge >= 0.3 is 11.8 Å². The molecule has 0 amide bonds. The van der Waals surface area contributed by atoms with Crippen molar-refractivity contribution in [2.45, 2.75) is 37.4 Å². The van der Waals surface area contributed by atoms with Crippen molar-refractivity contribution in [2.24, 2.45) is 0 Å². The minimum absolute atomic E-state index is 0.0791. The summed E-state index contributed by atoms with van der Waals surface area (Å²) in [6.07, 6.45) is -7.87. The van der Waals surface area contributed by atoms with E-state index in [0.29, 0.717) is 4.68 Å². The zero-order valence-electron chi connectivity index (χ0n) is 11.5. The molecule has 1 aliphatic heterocycles. The van der Waals surface area contributed by atoms with Crippen LogP contribution in [0.1, 0.15) is 18.3 Å². The van der Waals surface area contributed by atoms with Crippen molar-refractivity contribution in [3.63, 3.8) is 0 Å². The van der Waals surface area contributed by atoms with Crippen LogP contribution in [-0.4, -0.2) is 57.0 Å². The fourth-order valence-electron chi connectivity index (χ4n) is 2.05. The average Bonchev–Trinajstić information content (AvgIpc) is 2.82. The predicted molar refractivity (Wildman–Crippen MR) is 66.4 cm³/mol. The second-order valence-corrected chi connectivity index (χ2v) is 4.78. The number of aliphatic hydroxyl groups is 2. The standard InChI is InChI=1S/C11H15F2N3O6/c1-21-11(12,13)3-5-9(19)14-10(20)16(15-5)8-2-6(18)7(4-17)22-8/h6-8,17-18H,2-4H2,1H3,(H,14,19,20)/t6-,7+,8+/m0/s1. The van der Waals surface area contributed by atoms with Gasteiger partial charge in [-0.25, -0.2) is 4.79 Å². The summed E-state index contributed by atoms with van der Waals surface area (Å²) in [5.41, 5.74) is -2.64. The Morgan fingerprint density at radius 1 is 1.55 bits per heavy atom. The molecule has 3 N–H and O–H groups in total. The molecule has 0 aromatic carbocycles. The lowest BCUT2D eigenvalue weighted by atomic mass is 10.2. The van der Waals surface area contributed by atoms with E-state index in [4.69, 9.17) is 9.84 Å². The van der Waals surface area contributed by atoms with Gasteiger partial charge in [0.25, 0.3) is 5.56 Å². The van der Waals surface area contributed by atoms with Gasteiger partial charge in [-0.2, -0.15) is 18.6 Å². The third-order valence-electron chi connectivity index (χ3n) is 3.25. The van der Waals surface area contributed by atoms with Crippen molar-refractivity contribution in [3.05, 3.63) is 26.5 Å². The molecule has 2 rings (SSSR count). The lowest BCUT2D eigenvalue weighted by molar-refractivity contribution is -0.220. The Morgan fingerprint density at radius 2 is 2.23 bits per heavy atom. The minimum Gasteiger partial charge on any atom is -0.394 e. The summed E-state index contributed by atoms with van der Waals surface area (Å²) >= 11 is 0. The second-order valence-electron chi connectivity index (χ2n) is 4.78. The van der Waals surface area contributed by atoms with Crippen LogP contribution < -0.4 is 11.2 Å². The van der Waals surface area contributed by atoms with Crippen LogP contribution in [-0.2, 0) is 15.9 Å². The third-order valence-corrected chi connectivity index (χ3v) is 3.25. The lowest BCUT2D eigenvalue weighted by Gasteiger charge is -2.16. The summed E-state index contributed by atoms with van der Waals surface area (Å²) in [6, 6.07) is 0. The molecule has 22 heavy (non-hydrogen) atoms. The van der Waals surface area contributed by atoms with E-state index in [9.17, 15) is 23.5 Å². The summed E-state index contributed by atoms with van der Waals surface area (Å²) in [6.45, 7) is -0.482. The molecule has 1 aromatic rings. The van der Waals surface area contributed by atoms with E-state index in [1.807, 2.05) is 4.98 Å². The van der Waals surface area contributed by atoms with Crippen LogP contribution in [0.4, 0.5) is 8.78 Å². The second kappa shape index (κ2) is 6.20. The van der Waals surface area contributed by atoms with Crippen molar-refractivity contribution >= 4 is 0 Å². The summed E-state index contributed by atoms with van der Waals surface area (Å²) in [7, 11) is 0.770. The molecule has 0 spiro atoms. The maximum absolute atomic E-state index is 13.2. The van der Waals surface area contributed by atoms with Crippen LogP contribution in [0.3, 0.4) is 0 Å². The fourth-order valence-corrected chi connectivity index (χ4v) is 2.05. The lowest BCUT2D eigenvalue weighted by Crippen LogP contribution is -2.39. The molecule has 2 heterocycles. The Bertz CT molecular complexity index is 645. The molecule has 11 heteroatoms. The topological polar surface area (TPSA) is 127 Å². The number of methoxy groups -OCH3 is 1. The predicted octanol–water partition coefficient (Wildman–Crippen LogP) is -1.65. The summed E-state index contributed by atoms with van der Waals surface area (Å²) in [5.74, 6) is 0. The largest absolute Gasteiger partial charge is 0.394 e. The van der Waals surface area contributed by atoms with Crippen LogP contribution in [0.2, 0.25) is 0 Å². The molecule has 124 valence electrons. The van der Waals surface area contributed by atoms with Crippen LogP contribution in [0, 0.1) is 0 Å². The molecular weight excluding hydrogens is 308 g/mol. The molecule has 1 aromatic heterocycles. The minimum atomic E-state index is -3.62. The van der Waals surface area contributed by atoms with Gasteiger partial charge in [-0.15, -0.1) is 0 Å². The first-order chi connectivity index (χ1) is 10.3. The number of H-pyrrole nitrogens is 1. The van der Waals surface area contributed by atoms with Gasteiger partial charge in [0.2, 0.25) is 0 Å². The molecular formula is C11H15F2N3O6. The summed E-state index contributed by atoms with van der Waals surface area (Å²) in [5, 5.41) is 22.2. The number of hydrogen-bond acceptors (Lipinski definition) is 7. The van der Waals surface area contributed by atoms with Crippen LogP contribution in [0.15, 0.2) is 9.59 Å². The van der Waals surface area contributed by atoms with Gasteiger partial charge in [-0.05, 0) is 0 Å². The zero-order valence-corrected chi connectivity index (χ0v) is 11.5. The van der Waals surface area contributed by atoms with E-state index in [2.05, 4.69) is 9.84 Å². The first kappa shape index (κ1) is 16.7. The SMILES string of the molecule is COC(F)(F)Cc1nn([C@H]2C[C@H](O)[C@@H](CO)O2)c(=O)[nH]c1=O. The molecule has 3 atom stereocenters. The summed E-state index contributed by atoms with van der Waals surface area (Å²) < 4.78 is 36.2. The van der Waals surface area contributed by atoms with E-state index in [1.54, 1.807) is 0 Å². The monoisotopic (exact) mass is 323 g/mol. The highest BCUT2D eigenvalue weighted by Gasteiger charge is 2.37. The van der Waals surface area contributed by atoms with Crippen LogP contribution in [0.5, 0.6) is 0 Å². The van der Waals surface area contributed by atoms with Gasteiger partial charge in [0.15, 0.2) is 6.23 Å². The van der Waals surface area contributed by atoms with E-state index < -0.39 is 54.5 Å². The smallest absolute Gasteiger partial charge is 0.361 e. The van der Waals surface area contributed by atoms with E-state index in [0.717, 1.165) is 7.11 Å². The van der Waals surface area contributed by atoms with E-state index in [-0.39, 0.29) is 6.42 Å². The molecule has 9 nitrogen and oxygen atoms in total. The van der Waals surface area contributed by atoms with E-state index >= 15 is 0 Å². The first-order valence-electron chi connectivity index (χ1n) is 6.37. The maximum Gasteiger partial charge on any atom is 0.361 e. The van der Waals surface area contributed by atoms with Gasteiger partial charge in [0, 0.05) is 13.5 Å². The number of hydrogen-bond donors (Lipinski definition) is 3. The molecule has 0 radical (unpaired) electrons. The van der Waals surface area contributed by atoms with Crippen molar-refractivity contribution < 1.29 is 28.5 Å². The Balaban J connectivity index is 2.34.